The summed E-state index contributed by atoms with van der Waals surface area (Å²) in [5.41, 5.74) is 2.40. The van der Waals surface area contributed by atoms with Gasteiger partial charge in [-0.15, -0.1) is 10.2 Å². The lowest BCUT2D eigenvalue weighted by atomic mass is 10.0. The number of aromatic nitrogens is 2. The van der Waals surface area contributed by atoms with Gasteiger partial charge in [0, 0.05) is 0 Å². The van der Waals surface area contributed by atoms with Crippen molar-refractivity contribution in [1.29, 1.82) is 0 Å². The Balaban J connectivity index is 1.89. The van der Waals surface area contributed by atoms with Crippen molar-refractivity contribution >= 4 is 28.5 Å². The number of amides is 2. The van der Waals surface area contributed by atoms with Crippen molar-refractivity contribution in [3.63, 3.8) is 0 Å². The second-order valence-corrected chi connectivity index (χ2v) is 6.45. The van der Waals surface area contributed by atoms with Gasteiger partial charge in [-0.2, -0.15) is 0 Å². The summed E-state index contributed by atoms with van der Waals surface area (Å²) in [7, 11) is 0. The van der Waals surface area contributed by atoms with E-state index in [-0.39, 0.29) is 18.4 Å². The van der Waals surface area contributed by atoms with Crippen LogP contribution < -0.4 is 10.6 Å². The average molecular weight is 348 g/mol. The molecule has 0 fully saturated rings. The van der Waals surface area contributed by atoms with E-state index < -0.39 is 12.1 Å². The zero-order valence-electron chi connectivity index (χ0n) is 13.6. The summed E-state index contributed by atoms with van der Waals surface area (Å²) in [5.74, 6) is -0.110. The van der Waals surface area contributed by atoms with Crippen LogP contribution in [0.2, 0.25) is 0 Å². The van der Waals surface area contributed by atoms with Crippen molar-refractivity contribution in [2.24, 2.45) is 5.92 Å². The summed E-state index contributed by atoms with van der Waals surface area (Å²) in [6.07, 6.45) is -0.137. The maximum absolute atomic E-state index is 12.3. The molecule has 24 heavy (non-hydrogen) atoms. The maximum Gasteiger partial charge on any atom is 0.408 e. The molecule has 2 aromatic rings. The highest BCUT2D eigenvalue weighted by Crippen LogP contribution is 2.12. The van der Waals surface area contributed by atoms with Gasteiger partial charge in [0.1, 0.15) is 18.2 Å². The molecule has 0 saturated carbocycles. The molecule has 0 spiro atoms. The smallest absolute Gasteiger partial charge is 0.408 e. The maximum atomic E-state index is 12.3. The van der Waals surface area contributed by atoms with Gasteiger partial charge in [-0.3, -0.25) is 10.1 Å². The molecule has 7 nitrogen and oxygen atoms in total. The molecule has 2 amide bonds. The summed E-state index contributed by atoms with van der Waals surface area (Å²) in [6.45, 7) is 4.10. The van der Waals surface area contributed by atoms with Crippen LogP contribution in [0.1, 0.15) is 25.8 Å². The number of hydrogen-bond acceptors (Lipinski definition) is 6. The largest absolute Gasteiger partial charge is 0.445 e. The molecule has 0 aliphatic rings. The van der Waals surface area contributed by atoms with E-state index in [0.717, 1.165) is 5.56 Å². The summed E-state index contributed by atoms with van der Waals surface area (Å²) >= 11 is 1.22. The molecule has 1 heterocycles. The fourth-order valence-electron chi connectivity index (χ4n) is 2.03. The number of alkyl carbamates (subject to hydrolysis) is 1. The molecule has 2 rings (SSSR count). The number of carbonyl (C=O) groups is 2. The Morgan fingerprint density at radius 1 is 1.25 bits per heavy atom. The van der Waals surface area contributed by atoms with Gasteiger partial charge in [0.05, 0.1) is 0 Å². The van der Waals surface area contributed by atoms with Gasteiger partial charge < -0.3 is 10.1 Å². The highest BCUT2D eigenvalue weighted by molar-refractivity contribution is 7.13. The minimum absolute atomic E-state index is 0.152. The Hall–Kier alpha value is -2.48. The van der Waals surface area contributed by atoms with Gasteiger partial charge in [0.15, 0.2) is 0 Å². The number of nitrogens with one attached hydrogen (secondary N) is 2. The SMILES string of the molecule is CC(C)C[C@H](NC(=O)OCc1ccccc1)C(=O)Nc1nncs1. The number of benzene rings is 1. The van der Waals surface area contributed by atoms with E-state index in [1.54, 1.807) is 0 Å². The molecule has 0 saturated heterocycles. The minimum Gasteiger partial charge on any atom is -0.445 e. The molecule has 8 heteroatoms. The number of nitrogens with zero attached hydrogens (tertiary/aromatic N) is 2. The molecule has 0 aliphatic heterocycles. The van der Waals surface area contributed by atoms with Crippen molar-refractivity contribution < 1.29 is 14.3 Å². The van der Waals surface area contributed by atoms with Gasteiger partial charge in [0.2, 0.25) is 11.0 Å². The molecule has 1 atom stereocenters. The topological polar surface area (TPSA) is 93.2 Å². The van der Waals surface area contributed by atoms with E-state index in [0.29, 0.717) is 11.6 Å². The van der Waals surface area contributed by atoms with Gasteiger partial charge in [0.25, 0.3) is 0 Å². The molecule has 1 aromatic heterocycles. The van der Waals surface area contributed by atoms with Crippen molar-refractivity contribution in [2.45, 2.75) is 32.9 Å². The third kappa shape index (κ3) is 5.96. The van der Waals surface area contributed by atoms with E-state index in [1.807, 2.05) is 44.2 Å². The number of hydrogen-bond donors (Lipinski definition) is 2. The monoisotopic (exact) mass is 348 g/mol. The van der Waals surface area contributed by atoms with Crippen LogP contribution in [0.4, 0.5) is 9.93 Å². The van der Waals surface area contributed by atoms with Crippen LogP contribution in [0.25, 0.3) is 0 Å². The Morgan fingerprint density at radius 2 is 2.00 bits per heavy atom. The fourth-order valence-corrected chi connectivity index (χ4v) is 2.48. The zero-order chi connectivity index (χ0) is 17.4. The third-order valence-electron chi connectivity index (χ3n) is 3.12. The van der Waals surface area contributed by atoms with Crippen LogP contribution in [0.15, 0.2) is 35.8 Å². The van der Waals surface area contributed by atoms with Crippen LogP contribution in [0, 0.1) is 5.92 Å². The first-order valence-corrected chi connectivity index (χ1v) is 8.47. The van der Waals surface area contributed by atoms with Crippen LogP contribution >= 0.6 is 11.3 Å². The number of anilines is 1. The van der Waals surface area contributed by atoms with Gasteiger partial charge in [-0.25, -0.2) is 4.79 Å². The Bertz CT molecular complexity index is 647. The number of rotatable bonds is 7. The molecular weight excluding hydrogens is 328 g/mol. The normalized spacial score (nSPS) is 11.8. The van der Waals surface area contributed by atoms with Gasteiger partial charge >= 0.3 is 6.09 Å². The molecular formula is C16H20N4O3S. The highest BCUT2D eigenvalue weighted by atomic mass is 32.1. The van der Waals surface area contributed by atoms with Crippen LogP contribution in [-0.4, -0.2) is 28.2 Å². The standard InChI is InChI=1S/C16H20N4O3S/c1-11(2)8-13(14(21)19-15-20-17-10-24-15)18-16(22)23-9-12-6-4-3-5-7-12/h3-7,10-11,13H,8-9H2,1-2H3,(H,18,22)(H,19,20,21)/t13-/m0/s1. The van der Waals surface area contributed by atoms with Gasteiger partial charge in [-0.05, 0) is 17.9 Å². The van der Waals surface area contributed by atoms with Crippen molar-refractivity contribution in [3.05, 3.63) is 41.4 Å². The van der Waals surface area contributed by atoms with Crippen molar-refractivity contribution in [2.75, 3.05) is 5.32 Å². The van der Waals surface area contributed by atoms with E-state index in [2.05, 4.69) is 20.8 Å². The third-order valence-corrected chi connectivity index (χ3v) is 3.73. The molecule has 128 valence electrons. The van der Waals surface area contributed by atoms with Gasteiger partial charge in [-0.1, -0.05) is 55.5 Å². The second kappa shape index (κ2) is 8.97. The summed E-state index contributed by atoms with van der Waals surface area (Å²) < 4.78 is 5.17. The second-order valence-electron chi connectivity index (χ2n) is 5.62. The van der Waals surface area contributed by atoms with E-state index in [1.165, 1.54) is 16.8 Å². The first-order chi connectivity index (χ1) is 11.5. The molecule has 1 aromatic carbocycles. The Morgan fingerprint density at radius 3 is 2.62 bits per heavy atom. The number of ether oxygens (including phenoxy) is 1. The van der Waals surface area contributed by atoms with Crippen molar-refractivity contribution in [3.8, 4) is 0 Å². The quantitative estimate of drug-likeness (QED) is 0.802. The lowest BCUT2D eigenvalue weighted by Gasteiger charge is -2.19. The molecule has 0 radical (unpaired) electrons. The Kier molecular flexibility index (Phi) is 6.68. The first kappa shape index (κ1) is 17.9. The predicted octanol–water partition coefficient (Wildman–Crippen LogP) is 2.82. The molecule has 0 aliphatic carbocycles. The first-order valence-electron chi connectivity index (χ1n) is 7.59. The predicted molar refractivity (Wildman–Crippen MR) is 91.5 cm³/mol. The summed E-state index contributed by atoms with van der Waals surface area (Å²) in [4.78, 5) is 24.3. The van der Waals surface area contributed by atoms with E-state index in [9.17, 15) is 9.59 Å². The molecule has 2 N–H and O–H groups in total. The fraction of sp³-hybridized carbons (Fsp3) is 0.375. The number of carbonyl (C=O) groups excluding carboxylic acids is 2. The highest BCUT2D eigenvalue weighted by Gasteiger charge is 2.23. The lowest BCUT2D eigenvalue weighted by Crippen LogP contribution is -2.44. The summed E-state index contributed by atoms with van der Waals surface area (Å²) in [6, 6.07) is 8.65. The van der Waals surface area contributed by atoms with Crippen LogP contribution in [0.5, 0.6) is 0 Å². The molecule has 0 bridgehead atoms. The zero-order valence-corrected chi connectivity index (χ0v) is 14.4. The van der Waals surface area contributed by atoms with E-state index in [4.69, 9.17) is 4.74 Å². The van der Waals surface area contributed by atoms with Crippen LogP contribution in [-0.2, 0) is 16.1 Å². The Labute approximate surface area is 144 Å². The average Bonchev–Trinajstić information content (AvgIpc) is 3.06. The van der Waals surface area contributed by atoms with E-state index >= 15 is 0 Å². The minimum atomic E-state index is -0.697. The summed E-state index contributed by atoms with van der Waals surface area (Å²) in [5, 5.41) is 13.1. The molecule has 0 unspecified atom stereocenters. The lowest BCUT2D eigenvalue weighted by molar-refractivity contribution is -0.118. The van der Waals surface area contributed by atoms with Crippen LogP contribution in [0.3, 0.4) is 0 Å². The van der Waals surface area contributed by atoms with Crippen molar-refractivity contribution in [1.82, 2.24) is 15.5 Å².